The zero-order valence-electron chi connectivity index (χ0n) is 28.3. The van der Waals surface area contributed by atoms with Crippen LogP contribution in [0.5, 0.6) is 5.88 Å². The average molecular weight is 689 g/mol. The Balaban J connectivity index is 0.924. The monoisotopic (exact) mass is 688 g/mol. The normalized spacial score (nSPS) is 22.9. The Kier molecular flexibility index (Phi) is 13.7. The van der Waals surface area contributed by atoms with Crippen LogP contribution < -0.4 is 4.74 Å². The SMILES string of the molecule is CCCCN1C[C@H]2CCCN3CCC[C@@H](C1CCCCOC(=O)CCC(=O)OCCCCOc1nonc1S(=O)(=O)c1ccccc1)[C@@H]23. The average Bonchev–Trinajstić information content (AvgIpc) is 3.59. The summed E-state index contributed by atoms with van der Waals surface area (Å²) < 4.78 is 46.3. The number of esters is 2. The molecule has 4 heterocycles. The number of carbonyl (C=O) groups is 2. The van der Waals surface area contributed by atoms with Gasteiger partial charge >= 0.3 is 11.9 Å². The van der Waals surface area contributed by atoms with Crippen molar-refractivity contribution in [3.05, 3.63) is 30.3 Å². The molecule has 0 saturated carbocycles. The summed E-state index contributed by atoms with van der Waals surface area (Å²) in [5.41, 5.74) is 0. The second-order valence-electron chi connectivity index (χ2n) is 13.3. The number of aromatic nitrogens is 2. The van der Waals surface area contributed by atoms with Crippen molar-refractivity contribution in [1.82, 2.24) is 20.1 Å². The van der Waals surface area contributed by atoms with E-state index in [-0.39, 0.29) is 47.8 Å². The quantitative estimate of drug-likeness (QED) is 0.144. The van der Waals surface area contributed by atoms with E-state index in [1.807, 2.05) is 0 Å². The molecule has 3 aliphatic heterocycles. The van der Waals surface area contributed by atoms with Crippen molar-refractivity contribution >= 4 is 21.8 Å². The molecule has 1 aromatic heterocycles. The highest BCUT2D eigenvalue weighted by atomic mass is 32.2. The third-order valence-electron chi connectivity index (χ3n) is 10.0. The van der Waals surface area contributed by atoms with Crippen LogP contribution >= 0.6 is 0 Å². The van der Waals surface area contributed by atoms with E-state index in [9.17, 15) is 18.0 Å². The predicted octanol–water partition coefficient (Wildman–Crippen LogP) is 5.07. The molecule has 3 saturated heterocycles. The molecule has 0 radical (unpaired) electrons. The van der Waals surface area contributed by atoms with Crippen LogP contribution in [0.2, 0.25) is 0 Å². The highest BCUT2D eigenvalue weighted by Gasteiger charge is 2.47. The van der Waals surface area contributed by atoms with E-state index < -0.39 is 15.8 Å². The molecule has 3 aliphatic rings. The second kappa shape index (κ2) is 18.1. The van der Waals surface area contributed by atoms with Crippen molar-refractivity contribution in [2.75, 3.05) is 46.0 Å². The summed E-state index contributed by atoms with van der Waals surface area (Å²) in [6.07, 6.45) is 11.8. The zero-order chi connectivity index (χ0) is 33.8. The topological polar surface area (TPSA) is 141 Å². The van der Waals surface area contributed by atoms with Crippen molar-refractivity contribution in [3.8, 4) is 5.88 Å². The Morgan fingerprint density at radius 1 is 0.896 bits per heavy atom. The van der Waals surface area contributed by atoms with Crippen LogP contribution in [0.4, 0.5) is 0 Å². The van der Waals surface area contributed by atoms with Gasteiger partial charge in [-0.1, -0.05) is 31.5 Å². The fraction of sp³-hybridized carbons (Fsp3) is 0.714. The van der Waals surface area contributed by atoms with E-state index in [4.69, 9.17) is 14.2 Å². The van der Waals surface area contributed by atoms with Gasteiger partial charge in [-0.25, -0.2) is 13.0 Å². The molecule has 13 heteroatoms. The lowest BCUT2D eigenvalue weighted by Crippen LogP contribution is -2.64. The summed E-state index contributed by atoms with van der Waals surface area (Å²) in [6, 6.07) is 9.22. The number of hydrogen-bond acceptors (Lipinski definition) is 12. The molecule has 48 heavy (non-hydrogen) atoms. The Bertz CT molecular complexity index is 1400. The van der Waals surface area contributed by atoms with Gasteiger partial charge in [-0.2, -0.15) is 0 Å². The molecule has 2 aromatic rings. The van der Waals surface area contributed by atoms with Gasteiger partial charge in [-0.05, 0) is 118 Å². The molecule has 0 N–H and O–H groups in total. The van der Waals surface area contributed by atoms with Gasteiger partial charge < -0.3 is 14.2 Å². The van der Waals surface area contributed by atoms with Crippen LogP contribution in [0, 0.1) is 11.8 Å². The lowest BCUT2D eigenvalue weighted by molar-refractivity contribution is -0.150. The number of piperidine rings is 3. The number of benzene rings is 1. The zero-order valence-corrected chi connectivity index (χ0v) is 29.1. The molecule has 0 bridgehead atoms. The van der Waals surface area contributed by atoms with Gasteiger partial charge in [0.05, 0.1) is 37.6 Å². The molecular weight excluding hydrogens is 636 g/mol. The standard InChI is InChI=1S/C35H52N4O8S/c1-2-3-20-39-26-27-13-11-21-38-22-12-16-29(33(27)38)30(39)17-7-8-23-44-31(40)18-19-32(41)45-24-9-10-25-46-34-35(37-47-36-34)48(42,43)28-14-5-4-6-15-28/h4-6,14-15,27,29-30,33H,2-3,7-13,16-26H2,1H3/t27-,29+,30?,33-/m1/s1. The van der Waals surface area contributed by atoms with Gasteiger partial charge in [0.2, 0.25) is 9.84 Å². The maximum absolute atomic E-state index is 12.8. The predicted molar refractivity (Wildman–Crippen MR) is 177 cm³/mol. The second-order valence-corrected chi connectivity index (χ2v) is 15.2. The first-order valence-electron chi connectivity index (χ1n) is 17.9. The summed E-state index contributed by atoms with van der Waals surface area (Å²) in [7, 11) is -3.93. The molecule has 0 amide bonds. The fourth-order valence-electron chi connectivity index (χ4n) is 7.78. The first-order valence-corrected chi connectivity index (χ1v) is 19.4. The molecule has 0 spiro atoms. The van der Waals surface area contributed by atoms with E-state index in [0.717, 1.165) is 37.1 Å². The van der Waals surface area contributed by atoms with Crippen molar-refractivity contribution in [2.24, 2.45) is 11.8 Å². The third-order valence-corrected chi connectivity index (χ3v) is 11.7. The minimum absolute atomic E-state index is 0.00579. The summed E-state index contributed by atoms with van der Waals surface area (Å²) >= 11 is 0. The molecule has 266 valence electrons. The minimum Gasteiger partial charge on any atom is -0.473 e. The van der Waals surface area contributed by atoms with Gasteiger partial charge in [-0.3, -0.25) is 19.4 Å². The highest BCUT2D eigenvalue weighted by Crippen LogP contribution is 2.43. The van der Waals surface area contributed by atoms with Gasteiger partial charge in [0, 0.05) is 18.6 Å². The van der Waals surface area contributed by atoms with Gasteiger partial charge in [0.25, 0.3) is 10.9 Å². The lowest BCUT2D eigenvalue weighted by atomic mass is 9.69. The molecule has 4 atom stereocenters. The van der Waals surface area contributed by atoms with Crippen LogP contribution in [0.1, 0.15) is 90.4 Å². The van der Waals surface area contributed by atoms with Crippen LogP contribution in [-0.2, 0) is 28.9 Å². The van der Waals surface area contributed by atoms with E-state index in [1.54, 1.807) is 18.2 Å². The summed E-state index contributed by atoms with van der Waals surface area (Å²) in [5, 5.41) is 6.69. The molecule has 1 unspecified atom stereocenters. The first-order chi connectivity index (χ1) is 23.4. The van der Waals surface area contributed by atoms with E-state index in [2.05, 4.69) is 31.7 Å². The van der Waals surface area contributed by atoms with Gasteiger partial charge in [0.15, 0.2) is 0 Å². The van der Waals surface area contributed by atoms with Crippen LogP contribution in [-0.4, -0.2) is 98.6 Å². The maximum atomic E-state index is 12.8. The molecule has 3 fully saturated rings. The van der Waals surface area contributed by atoms with Crippen LogP contribution in [0.15, 0.2) is 44.9 Å². The Hall–Kier alpha value is -3.03. The molecule has 5 rings (SSSR count). The minimum atomic E-state index is -3.93. The van der Waals surface area contributed by atoms with Gasteiger partial charge in [-0.15, -0.1) is 0 Å². The Morgan fingerprint density at radius 2 is 1.58 bits per heavy atom. The number of likely N-dealkylation sites (tertiary alicyclic amines) is 1. The largest absolute Gasteiger partial charge is 0.473 e. The van der Waals surface area contributed by atoms with Gasteiger partial charge in [0.1, 0.15) is 0 Å². The summed E-state index contributed by atoms with van der Waals surface area (Å²) in [4.78, 5) is 30.1. The Morgan fingerprint density at radius 3 is 2.31 bits per heavy atom. The van der Waals surface area contributed by atoms with Crippen molar-refractivity contribution in [3.63, 3.8) is 0 Å². The van der Waals surface area contributed by atoms with Crippen LogP contribution in [0.3, 0.4) is 0 Å². The highest BCUT2D eigenvalue weighted by molar-refractivity contribution is 7.91. The summed E-state index contributed by atoms with van der Waals surface area (Å²) in [6.45, 7) is 7.92. The fourth-order valence-corrected chi connectivity index (χ4v) is 8.98. The maximum Gasteiger partial charge on any atom is 0.306 e. The summed E-state index contributed by atoms with van der Waals surface area (Å²) in [5.74, 6) is 0.534. The van der Waals surface area contributed by atoms with Crippen molar-refractivity contribution < 1.29 is 36.8 Å². The lowest BCUT2D eigenvalue weighted by Gasteiger charge is -2.57. The molecular formula is C35H52N4O8S. The third kappa shape index (κ3) is 9.56. The molecule has 0 aliphatic carbocycles. The van der Waals surface area contributed by atoms with Crippen molar-refractivity contribution in [1.29, 1.82) is 0 Å². The number of nitrogens with zero attached hydrogens (tertiary/aromatic N) is 4. The van der Waals surface area contributed by atoms with E-state index in [1.165, 1.54) is 76.8 Å². The van der Waals surface area contributed by atoms with Crippen LogP contribution in [0.25, 0.3) is 0 Å². The molecule has 12 nitrogen and oxygen atoms in total. The number of sulfone groups is 1. The number of rotatable bonds is 19. The van der Waals surface area contributed by atoms with Crippen molar-refractivity contribution in [2.45, 2.75) is 112 Å². The number of unbranched alkanes of at least 4 members (excludes halogenated alkanes) is 3. The molecule has 1 aromatic carbocycles. The number of ether oxygens (including phenoxy) is 3. The van der Waals surface area contributed by atoms with E-state index in [0.29, 0.717) is 25.5 Å². The smallest absolute Gasteiger partial charge is 0.306 e. The first kappa shape index (κ1) is 36.3. The number of hydrogen-bond donors (Lipinski definition) is 0. The van der Waals surface area contributed by atoms with E-state index >= 15 is 0 Å². The Labute approximate surface area is 284 Å². The number of carbonyl (C=O) groups excluding carboxylic acids is 2.